The van der Waals surface area contributed by atoms with Gasteiger partial charge in [-0.25, -0.2) is 0 Å². The molecule has 1 aromatic carbocycles. The molecule has 0 bridgehead atoms. The number of anilines is 1. The van der Waals surface area contributed by atoms with Crippen molar-refractivity contribution in [1.29, 1.82) is 5.26 Å². The molecule has 1 aromatic rings. The third-order valence-corrected chi connectivity index (χ3v) is 3.85. The summed E-state index contributed by atoms with van der Waals surface area (Å²) in [6.07, 6.45) is 7.29. The Morgan fingerprint density at radius 3 is 3.18 bits per heavy atom. The van der Waals surface area contributed by atoms with Crippen molar-refractivity contribution in [3.05, 3.63) is 41.5 Å². The predicted molar refractivity (Wildman–Crippen MR) is 69.1 cm³/mol. The van der Waals surface area contributed by atoms with Gasteiger partial charge in [-0.3, -0.25) is 0 Å². The van der Waals surface area contributed by atoms with Crippen molar-refractivity contribution < 1.29 is 0 Å². The van der Waals surface area contributed by atoms with Gasteiger partial charge in [0.1, 0.15) is 0 Å². The molecule has 0 aromatic heterocycles. The topological polar surface area (TPSA) is 27.0 Å². The zero-order valence-electron chi connectivity index (χ0n) is 9.89. The fourth-order valence-electron chi connectivity index (χ4n) is 3.10. The average Bonchev–Trinajstić information content (AvgIpc) is 2.39. The maximum Gasteiger partial charge on any atom is 0.0908 e. The Bertz CT molecular complexity index is 496. The van der Waals surface area contributed by atoms with E-state index in [1.54, 1.807) is 6.08 Å². The minimum Gasteiger partial charge on any atom is -0.371 e. The summed E-state index contributed by atoms with van der Waals surface area (Å²) >= 11 is 0. The van der Waals surface area contributed by atoms with Gasteiger partial charge >= 0.3 is 0 Å². The molecule has 0 fully saturated rings. The van der Waals surface area contributed by atoms with E-state index in [9.17, 15) is 0 Å². The lowest BCUT2D eigenvalue weighted by atomic mass is 9.85. The summed E-state index contributed by atoms with van der Waals surface area (Å²) in [7, 11) is 0. The molecule has 86 valence electrons. The monoisotopic (exact) mass is 224 g/mol. The number of benzene rings is 1. The van der Waals surface area contributed by atoms with Crippen LogP contribution in [-0.2, 0) is 6.42 Å². The number of para-hydroxylation sites is 1. The molecule has 0 aliphatic carbocycles. The summed E-state index contributed by atoms with van der Waals surface area (Å²) in [5.41, 5.74) is 4.36. The van der Waals surface area contributed by atoms with Gasteiger partial charge in [-0.05, 0) is 30.4 Å². The van der Waals surface area contributed by atoms with Crippen LogP contribution in [0.1, 0.15) is 29.9 Å². The molecule has 17 heavy (non-hydrogen) atoms. The predicted octanol–water partition coefficient (Wildman–Crippen LogP) is 3.01. The van der Waals surface area contributed by atoms with E-state index < -0.39 is 0 Å². The summed E-state index contributed by atoms with van der Waals surface area (Å²) in [4.78, 5) is 2.52. The molecule has 1 unspecified atom stereocenters. The molecule has 0 saturated heterocycles. The van der Waals surface area contributed by atoms with Crippen LogP contribution in [0.4, 0.5) is 5.69 Å². The van der Waals surface area contributed by atoms with Gasteiger partial charge < -0.3 is 4.90 Å². The number of aryl methyl sites for hydroxylation is 1. The van der Waals surface area contributed by atoms with Crippen LogP contribution >= 0.6 is 0 Å². The van der Waals surface area contributed by atoms with E-state index in [1.807, 2.05) is 0 Å². The highest BCUT2D eigenvalue weighted by Crippen LogP contribution is 2.40. The first-order valence-electron chi connectivity index (χ1n) is 6.33. The molecule has 2 heterocycles. The van der Waals surface area contributed by atoms with E-state index in [4.69, 9.17) is 5.26 Å². The van der Waals surface area contributed by atoms with Crippen molar-refractivity contribution >= 4 is 5.69 Å². The average molecular weight is 224 g/mol. The Kier molecular flexibility index (Phi) is 2.60. The Morgan fingerprint density at radius 2 is 2.29 bits per heavy atom. The molecule has 2 heteroatoms. The van der Waals surface area contributed by atoms with Gasteiger partial charge in [0.2, 0.25) is 0 Å². The molecule has 0 amide bonds. The van der Waals surface area contributed by atoms with Gasteiger partial charge in [-0.15, -0.1) is 0 Å². The normalized spacial score (nSPS) is 22.3. The summed E-state index contributed by atoms with van der Waals surface area (Å²) in [5, 5.41) is 8.66. The van der Waals surface area contributed by atoms with Crippen molar-refractivity contribution in [1.82, 2.24) is 0 Å². The van der Waals surface area contributed by atoms with Crippen LogP contribution in [-0.4, -0.2) is 13.1 Å². The lowest BCUT2D eigenvalue weighted by Gasteiger charge is -2.39. The standard InChI is InChI=1S/C15H16N2/c16-9-2-5-12-8-11-17-10-3-6-13-4-1-7-14(12)15(13)17/h1-2,4-5,7,12H,3,6,8,10-11H2/b5-2+. The first-order valence-corrected chi connectivity index (χ1v) is 6.33. The molecule has 2 aliphatic rings. The molecule has 3 rings (SSSR count). The van der Waals surface area contributed by atoms with Gasteiger partial charge in [0.15, 0.2) is 0 Å². The molecular weight excluding hydrogens is 208 g/mol. The molecule has 2 aliphatic heterocycles. The van der Waals surface area contributed by atoms with E-state index in [0.717, 1.165) is 13.0 Å². The van der Waals surface area contributed by atoms with Crippen LogP contribution in [0.25, 0.3) is 0 Å². The van der Waals surface area contributed by atoms with Gasteiger partial charge in [0.25, 0.3) is 0 Å². The van der Waals surface area contributed by atoms with Gasteiger partial charge in [0, 0.05) is 30.8 Å². The second kappa shape index (κ2) is 4.25. The van der Waals surface area contributed by atoms with Crippen LogP contribution in [0.5, 0.6) is 0 Å². The highest BCUT2D eigenvalue weighted by Gasteiger charge is 2.27. The van der Waals surface area contributed by atoms with Crippen molar-refractivity contribution in [3.63, 3.8) is 0 Å². The van der Waals surface area contributed by atoms with Crippen molar-refractivity contribution in [2.45, 2.75) is 25.2 Å². The Labute approximate surface area is 102 Å². The van der Waals surface area contributed by atoms with Crippen LogP contribution in [0.2, 0.25) is 0 Å². The lowest BCUT2D eigenvalue weighted by molar-refractivity contribution is 0.604. The molecule has 0 N–H and O–H groups in total. The third-order valence-electron chi connectivity index (χ3n) is 3.85. The molecule has 2 nitrogen and oxygen atoms in total. The van der Waals surface area contributed by atoms with E-state index >= 15 is 0 Å². The summed E-state index contributed by atoms with van der Waals surface area (Å²) in [6, 6.07) is 8.74. The fourth-order valence-corrected chi connectivity index (χ4v) is 3.10. The number of hydrogen-bond acceptors (Lipinski definition) is 2. The van der Waals surface area contributed by atoms with Crippen LogP contribution in [0.15, 0.2) is 30.4 Å². The summed E-state index contributed by atoms with van der Waals surface area (Å²) in [6.45, 7) is 2.32. The zero-order chi connectivity index (χ0) is 11.7. The Morgan fingerprint density at radius 1 is 1.35 bits per heavy atom. The van der Waals surface area contributed by atoms with E-state index in [-0.39, 0.29) is 0 Å². The molecule has 0 spiro atoms. The minimum absolute atomic E-state index is 0.430. The van der Waals surface area contributed by atoms with Crippen LogP contribution in [0.3, 0.4) is 0 Å². The smallest absolute Gasteiger partial charge is 0.0908 e. The van der Waals surface area contributed by atoms with E-state index in [0.29, 0.717) is 5.92 Å². The summed E-state index contributed by atoms with van der Waals surface area (Å²) in [5.74, 6) is 0.430. The van der Waals surface area contributed by atoms with Crippen molar-refractivity contribution in [2.24, 2.45) is 0 Å². The maximum atomic E-state index is 8.66. The Hall–Kier alpha value is -1.75. The first kappa shape index (κ1) is 10.4. The fraction of sp³-hybridized carbons (Fsp3) is 0.400. The number of allylic oxidation sites excluding steroid dienone is 2. The van der Waals surface area contributed by atoms with Crippen LogP contribution < -0.4 is 4.90 Å². The molecule has 1 atom stereocenters. The van der Waals surface area contributed by atoms with Gasteiger partial charge in [0.05, 0.1) is 6.07 Å². The largest absolute Gasteiger partial charge is 0.371 e. The van der Waals surface area contributed by atoms with Crippen molar-refractivity contribution in [3.8, 4) is 6.07 Å². The summed E-state index contributed by atoms with van der Waals surface area (Å²) < 4.78 is 0. The number of nitrogens with zero attached hydrogens (tertiary/aromatic N) is 2. The Balaban J connectivity index is 2.06. The number of rotatable bonds is 1. The first-order chi connectivity index (χ1) is 8.40. The number of hydrogen-bond donors (Lipinski definition) is 0. The van der Waals surface area contributed by atoms with Gasteiger partial charge in [-0.1, -0.05) is 24.3 Å². The quantitative estimate of drug-likeness (QED) is 0.686. The second-order valence-corrected chi connectivity index (χ2v) is 4.83. The van der Waals surface area contributed by atoms with Crippen molar-refractivity contribution in [2.75, 3.05) is 18.0 Å². The third kappa shape index (κ3) is 1.72. The van der Waals surface area contributed by atoms with Gasteiger partial charge in [-0.2, -0.15) is 5.26 Å². The zero-order valence-corrected chi connectivity index (χ0v) is 9.89. The highest BCUT2D eigenvalue weighted by molar-refractivity contribution is 5.64. The molecule has 0 radical (unpaired) electrons. The molecule has 0 saturated carbocycles. The van der Waals surface area contributed by atoms with Crippen LogP contribution in [0, 0.1) is 11.3 Å². The highest BCUT2D eigenvalue weighted by atomic mass is 15.1. The minimum atomic E-state index is 0.430. The number of nitriles is 1. The second-order valence-electron chi connectivity index (χ2n) is 4.83. The maximum absolute atomic E-state index is 8.66. The SMILES string of the molecule is N#C/C=C/C1CCN2CCCc3cccc1c32. The lowest BCUT2D eigenvalue weighted by Crippen LogP contribution is -2.35. The van der Waals surface area contributed by atoms with E-state index in [1.165, 1.54) is 36.2 Å². The molecular formula is C15H16N2. The van der Waals surface area contributed by atoms with E-state index in [2.05, 4.69) is 35.2 Å².